The van der Waals surface area contributed by atoms with Crippen molar-refractivity contribution in [1.82, 2.24) is 19.6 Å². The number of anilines is 1. The average molecular weight is 412 g/mol. The first-order valence-electron chi connectivity index (χ1n) is 8.36. The van der Waals surface area contributed by atoms with Gasteiger partial charge in [0.1, 0.15) is 11.1 Å². The number of carbonyl (C=O) groups is 1. The van der Waals surface area contributed by atoms with E-state index in [0.29, 0.717) is 6.54 Å². The molecular formula is C18H17ClF3N5O. The van der Waals surface area contributed by atoms with Crippen LogP contribution in [-0.2, 0) is 17.5 Å². The van der Waals surface area contributed by atoms with Crippen molar-refractivity contribution in [3.05, 3.63) is 64.6 Å². The zero-order valence-corrected chi connectivity index (χ0v) is 15.8. The van der Waals surface area contributed by atoms with Crippen LogP contribution in [0.4, 0.5) is 19.0 Å². The van der Waals surface area contributed by atoms with Crippen LogP contribution in [0, 0.1) is 6.92 Å². The van der Waals surface area contributed by atoms with Crippen LogP contribution in [-0.4, -0.2) is 25.5 Å². The van der Waals surface area contributed by atoms with Crippen LogP contribution in [0.15, 0.2) is 42.6 Å². The van der Waals surface area contributed by atoms with Gasteiger partial charge >= 0.3 is 6.18 Å². The summed E-state index contributed by atoms with van der Waals surface area (Å²) in [5.41, 5.74) is 0.172. The molecule has 1 amide bonds. The Morgan fingerprint density at radius 2 is 1.93 bits per heavy atom. The van der Waals surface area contributed by atoms with Gasteiger partial charge in [0.2, 0.25) is 5.91 Å². The van der Waals surface area contributed by atoms with E-state index in [2.05, 4.69) is 15.5 Å². The van der Waals surface area contributed by atoms with Gasteiger partial charge in [0.15, 0.2) is 11.5 Å². The highest BCUT2D eigenvalue weighted by molar-refractivity contribution is 6.33. The van der Waals surface area contributed by atoms with Crippen LogP contribution < -0.4 is 5.32 Å². The first-order chi connectivity index (χ1) is 13.1. The highest BCUT2D eigenvalue weighted by atomic mass is 35.5. The third-order valence-corrected chi connectivity index (χ3v) is 4.38. The predicted molar refractivity (Wildman–Crippen MR) is 98.1 cm³/mol. The summed E-state index contributed by atoms with van der Waals surface area (Å²) in [6.45, 7) is 3.36. The molecule has 1 atom stereocenters. The summed E-state index contributed by atoms with van der Waals surface area (Å²) in [5.74, 6) is -0.443. The lowest BCUT2D eigenvalue weighted by Gasteiger charge is -2.13. The van der Waals surface area contributed by atoms with Gasteiger partial charge in [0, 0.05) is 11.9 Å². The van der Waals surface area contributed by atoms with E-state index in [1.54, 1.807) is 10.9 Å². The van der Waals surface area contributed by atoms with E-state index in [4.69, 9.17) is 11.6 Å². The van der Waals surface area contributed by atoms with Crippen molar-refractivity contribution in [3.63, 3.8) is 0 Å². The maximum absolute atomic E-state index is 12.8. The van der Waals surface area contributed by atoms with Crippen LogP contribution in [0.1, 0.15) is 29.9 Å². The molecule has 0 bridgehead atoms. The minimum atomic E-state index is -4.58. The lowest BCUT2D eigenvalue weighted by atomic mass is 10.2. The molecule has 2 aromatic heterocycles. The molecule has 0 spiro atoms. The maximum Gasteiger partial charge on any atom is 0.435 e. The molecule has 148 valence electrons. The number of halogens is 4. The van der Waals surface area contributed by atoms with Gasteiger partial charge in [-0.05, 0) is 25.5 Å². The van der Waals surface area contributed by atoms with Crippen LogP contribution in [0.25, 0.3) is 0 Å². The minimum absolute atomic E-state index is 0.135. The quantitative estimate of drug-likeness (QED) is 0.680. The van der Waals surface area contributed by atoms with E-state index < -0.39 is 23.8 Å². The molecule has 1 aromatic carbocycles. The molecule has 0 aliphatic carbocycles. The van der Waals surface area contributed by atoms with E-state index in [1.165, 1.54) is 13.8 Å². The van der Waals surface area contributed by atoms with E-state index in [1.807, 2.05) is 30.3 Å². The fourth-order valence-electron chi connectivity index (χ4n) is 2.68. The second-order valence-electron chi connectivity index (χ2n) is 6.29. The van der Waals surface area contributed by atoms with Gasteiger partial charge in [0.25, 0.3) is 0 Å². The Morgan fingerprint density at radius 1 is 1.25 bits per heavy atom. The third-order valence-electron chi connectivity index (χ3n) is 4.11. The molecule has 1 unspecified atom stereocenters. The molecule has 28 heavy (non-hydrogen) atoms. The first kappa shape index (κ1) is 19.9. The summed E-state index contributed by atoms with van der Waals surface area (Å²) in [6.07, 6.45) is -3.01. The summed E-state index contributed by atoms with van der Waals surface area (Å²) in [4.78, 5) is 12.5. The largest absolute Gasteiger partial charge is 0.435 e. The molecule has 1 N–H and O–H groups in total. The van der Waals surface area contributed by atoms with Gasteiger partial charge in [-0.3, -0.25) is 14.2 Å². The fraction of sp³-hybridized carbons (Fsp3) is 0.278. The fourth-order valence-corrected chi connectivity index (χ4v) is 2.88. The molecule has 0 aliphatic rings. The van der Waals surface area contributed by atoms with Crippen molar-refractivity contribution in [2.75, 3.05) is 5.32 Å². The van der Waals surface area contributed by atoms with Crippen molar-refractivity contribution < 1.29 is 18.0 Å². The highest BCUT2D eigenvalue weighted by Gasteiger charge is 2.35. The molecule has 0 saturated carbocycles. The number of rotatable bonds is 5. The van der Waals surface area contributed by atoms with Gasteiger partial charge in [-0.2, -0.15) is 23.4 Å². The van der Waals surface area contributed by atoms with Crippen LogP contribution in [0.2, 0.25) is 5.02 Å². The minimum Gasteiger partial charge on any atom is -0.306 e. The van der Waals surface area contributed by atoms with Gasteiger partial charge in [-0.15, -0.1) is 0 Å². The Hall–Kier alpha value is -2.81. The van der Waals surface area contributed by atoms with Gasteiger partial charge in [-0.25, -0.2) is 0 Å². The first-order valence-corrected chi connectivity index (χ1v) is 8.74. The van der Waals surface area contributed by atoms with Crippen LogP contribution >= 0.6 is 11.6 Å². The molecule has 0 fully saturated rings. The second kappa shape index (κ2) is 7.67. The summed E-state index contributed by atoms with van der Waals surface area (Å²) in [5, 5.41) is 10.5. The predicted octanol–water partition coefficient (Wildman–Crippen LogP) is 4.31. The summed E-state index contributed by atoms with van der Waals surface area (Å²) in [7, 11) is 0. The third kappa shape index (κ3) is 4.36. The Morgan fingerprint density at radius 3 is 2.54 bits per heavy atom. The maximum atomic E-state index is 12.8. The molecule has 0 radical (unpaired) electrons. The molecule has 0 aliphatic heterocycles. The summed E-state index contributed by atoms with van der Waals surface area (Å²) >= 11 is 6.13. The number of alkyl halides is 3. The summed E-state index contributed by atoms with van der Waals surface area (Å²) in [6, 6.07) is 9.45. The number of nitrogens with zero attached hydrogens (tertiary/aromatic N) is 4. The van der Waals surface area contributed by atoms with Gasteiger partial charge in [0.05, 0.1) is 6.54 Å². The van der Waals surface area contributed by atoms with Crippen molar-refractivity contribution >= 4 is 23.3 Å². The Bertz CT molecular complexity index is 981. The number of nitrogens with one attached hydrogen (secondary N) is 1. The number of carbonyl (C=O) groups excluding carboxylic acids is 1. The van der Waals surface area contributed by atoms with Crippen molar-refractivity contribution in [2.24, 2.45) is 0 Å². The number of hydrogen-bond donors (Lipinski definition) is 1. The highest BCUT2D eigenvalue weighted by Crippen LogP contribution is 2.29. The number of amides is 1. The molecule has 0 saturated heterocycles. The summed E-state index contributed by atoms with van der Waals surface area (Å²) < 4.78 is 41.1. The zero-order chi connectivity index (χ0) is 20.5. The van der Waals surface area contributed by atoms with Crippen molar-refractivity contribution in [3.8, 4) is 0 Å². The Labute approximate surface area is 163 Å². The molecule has 3 rings (SSSR count). The Balaban J connectivity index is 1.73. The van der Waals surface area contributed by atoms with Gasteiger partial charge in [-0.1, -0.05) is 41.9 Å². The lowest BCUT2D eigenvalue weighted by Crippen LogP contribution is -2.26. The smallest absolute Gasteiger partial charge is 0.306 e. The van der Waals surface area contributed by atoms with Crippen molar-refractivity contribution in [2.45, 2.75) is 32.6 Å². The number of hydrogen-bond acceptors (Lipinski definition) is 3. The van der Waals surface area contributed by atoms with Crippen LogP contribution in [0.5, 0.6) is 0 Å². The average Bonchev–Trinajstić information content (AvgIpc) is 3.18. The normalized spacial score (nSPS) is 12.8. The number of aryl methyl sites for hydroxylation is 1. The molecule has 3 aromatic rings. The topological polar surface area (TPSA) is 64.7 Å². The van der Waals surface area contributed by atoms with E-state index >= 15 is 0 Å². The zero-order valence-electron chi connectivity index (χ0n) is 15.0. The molecular weight excluding hydrogens is 395 g/mol. The van der Waals surface area contributed by atoms with Gasteiger partial charge < -0.3 is 5.32 Å². The van der Waals surface area contributed by atoms with Crippen LogP contribution in [0.3, 0.4) is 0 Å². The lowest BCUT2D eigenvalue weighted by molar-refractivity contribution is -0.141. The molecule has 2 heterocycles. The standard InChI is InChI=1S/C18H17ClF3N5O/c1-11-8-15(18(20,21)22)24-27(11)12(2)17(28)23-16-14(19)10-26(25-16)9-13-6-4-3-5-7-13/h3-8,10,12H,9H2,1-2H3,(H,23,25,28). The van der Waals surface area contributed by atoms with E-state index in [-0.39, 0.29) is 16.5 Å². The molecule has 6 nitrogen and oxygen atoms in total. The van der Waals surface area contributed by atoms with Crippen molar-refractivity contribution in [1.29, 1.82) is 0 Å². The second-order valence-corrected chi connectivity index (χ2v) is 6.69. The Kier molecular flexibility index (Phi) is 5.46. The van der Waals surface area contributed by atoms with E-state index in [0.717, 1.165) is 16.3 Å². The molecule has 10 heteroatoms. The monoisotopic (exact) mass is 411 g/mol. The van der Waals surface area contributed by atoms with E-state index in [9.17, 15) is 18.0 Å². The SMILES string of the molecule is Cc1cc(C(F)(F)F)nn1C(C)C(=O)Nc1nn(Cc2ccccc2)cc1Cl. The number of benzene rings is 1. The number of aromatic nitrogens is 4.